The molecule has 2 aliphatic heterocycles. The van der Waals surface area contributed by atoms with Crippen molar-refractivity contribution in [2.75, 3.05) is 16.5 Å². The molecule has 9 aromatic carbocycles. The lowest BCUT2D eigenvalue weighted by atomic mass is 9.35. The van der Waals surface area contributed by atoms with Gasteiger partial charge in [0.1, 0.15) is 24.0 Å². The number of pyridine rings is 1. The molecule has 2 aromatic heterocycles. The van der Waals surface area contributed by atoms with E-state index in [1.807, 2.05) is 6.20 Å². The van der Waals surface area contributed by atoms with Crippen LogP contribution in [0.15, 0.2) is 225 Å². The Morgan fingerprint density at radius 1 is 0.500 bits per heavy atom. The average molecular weight is 927 g/mol. The van der Waals surface area contributed by atoms with Crippen LogP contribution in [-0.4, -0.2) is 22.9 Å². The standard InChI is InChI=1S/C66H51BN4O/c1-65(2,3)45-36-37-68-61(38-45)71-59-35-19-30-53-62(59)63-54(66(53)51-28-11-13-31-55(51)67(4)56-32-14-12-29-52(56)66)40-48(41-60(63)71)72-47-25-17-24-46(39-47)69-42-70(58-34-16-15-33-57(58)69)64-49(43-20-7-5-8-21-43)26-18-27-50(64)44-22-9-6-10-23-44/h5-41H,42H2,1-4H3. The number of benzene rings is 9. The average Bonchev–Trinajstić information content (AvgIpc) is 4.07. The Morgan fingerprint density at radius 2 is 1.08 bits per heavy atom. The number of hydrogen-bond donors (Lipinski definition) is 0. The topological polar surface area (TPSA) is 33.5 Å². The lowest BCUT2D eigenvalue weighted by Crippen LogP contribution is -2.54. The zero-order valence-electron chi connectivity index (χ0n) is 40.8. The van der Waals surface area contributed by atoms with Gasteiger partial charge in [-0.15, -0.1) is 0 Å². The maximum absolute atomic E-state index is 7.29. The smallest absolute Gasteiger partial charge is 0.207 e. The summed E-state index contributed by atoms with van der Waals surface area (Å²) < 4.78 is 9.66. The molecule has 6 heteroatoms. The van der Waals surface area contributed by atoms with Crippen LogP contribution in [-0.2, 0) is 10.8 Å². The molecule has 1 aliphatic carbocycles. The first-order valence-electron chi connectivity index (χ1n) is 25.2. The third-order valence-electron chi connectivity index (χ3n) is 15.8. The van der Waals surface area contributed by atoms with E-state index in [0.29, 0.717) is 6.67 Å². The van der Waals surface area contributed by atoms with Crippen LogP contribution in [0.25, 0.3) is 49.9 Å². The van der Waals surface area contributed by atoms with E-state index in [-0.39, 0.29) is 12.1 Å². The van der Waals surface area contributed by atoms with E-state index in [2.05, 4.69) is 260 Å². The number of ether oxygens (including phenoxy) is 1. The van der Waals surface area contributed by atoms with E-state index in [1.54, 1.807) is 0 Å². The molecule has 0 saturated carbocycles. The monoisotopic (exact) mass is 926 g/mol. The number of para-hydroxylation sites is 3. The van der Waals surface area contributed by atoms with Crippen molar-refractivity contribution < 1.29 is 4.74 Å². The number of nitrogens with zero attached hydrogens (tertiary/aromatic N) is 4. The highest BCUT2D eigenvalue weighted by Crippen LogP contribution is 2.59. The summed E-state index contributed by atoms with van der Waals surface area (Å²) in [5.41, 5.74) is 20.1. The van der Waals surface area contributed by atoms with Gasteiger partial charge in [0.05, 0.1) is 33.5 Å². The molecule has 4 heterocycles. The largest absolute Gasteiger partial charge is 0.457 e. The van der Waals surface area contributed by atoms with E-state index in [1.165, 1.54) is 77.5 Å². The summed E-state index contributed by atoms with van der Waals surface area (Å²) in [6, 6.07) is 79.8. The molecule has 0 saturated heterocycles. The molecule has 14 rings (SSSR count). The quantitative estimate of drug-likeness (QED) is 0.149. The van der Waals surface area contributed by atoms with Crippen molar-refractivity contribution in [3.8, 4) is 39.6 Å². The van der Waals surface area contributed by atoms with Gasteiger partial charge in [-0.2, -0.15) is 0 Å². The summed E-state index contributed by atoms with van der Waals surface area (Å²) in [5.74, 6) is 2.45. The van der Waals surface area contributed by atoms with E-state index < -0.39 is 5.41 Å². The molecule has 0 atom stereocenters. The van der Waals surface area contributed by atoms with Gasteiger partial charge >= 0.3 is 0 Å². The Balaban J connectivity index is 0.934. The number of fused-ring (bicyclic) bond motifs is 7. The van der Waals surface area contributed by atoms with Gasteiger partial charge in [0.15, 0.2) is 0 Å². The van der Waals surface area contributed by atoms with Gasteiger partial charge in [0.25, 0.3) is 0 Å². The molecule has 0 radical (unpaired) electrons. The Labute approximate surface area is 421 Å². The van der Waals surface area contributed by atoms with Crippen molar-refractivity contribution in [2.24, 2.45) is 0 Å². The lowest BCUT2D eigenvalue weighted by Gasteiger charge is -2.42. The summed E-state index contributed by atoms with van der Waals surface area (Å²) in [6.07, 6.45) is 1.97. The molecule has 1 spiro atoms. The van der Waals surface area contributed by atoms with Crippen molar-refractivity contribution >= 4 is 62.2 Å². The van der Waals surface area contributed by atoms with Crippen LogP contribution in [0.2, 0.25) is 6.82 Å². The summed E-state index contributed by atoms with van der Waals surface area (Å²) in [4.78, 5) is 10.0. The number of rotatable bonds is 7. The summed E-state index contributed by atoms with van der Waals surface area (Å²) in [6.45, 7) is 10.0. The molecule has 0 N–H and O–H groups in total. The van der Waals surface area contributed by atoms with Gasteiger partial charge in [-0.25, -0.2) is 4.98 Å². The SMILES string of the molecule is CB1c2ccccc2C2(c3ccccc31)c1cccc3c1c1c2cc(Oc2cccc(N4CN(c5c(-c6ccccc6)cccc5-c5ccccc5)c5ccccc54)c2)cc1n3-c1cc(C(C)(C)C)ccn1. The van der Waals surface area contributed by atoms with Crippen LogP contribution in [0.5, 0.6) is 11.5 Å². The van der Waals surface area contributed by atoms with Crippen molar-refractivity contribution in [3.63, 3.8) is 0 Å². The van der Waals surface area contributed by atoms with E-state index in [0.717, 1.165) is 45.4 Å². The summed E-state index contributed by atoms with van der Waals surface area (Å²) in [5, 5.41) is 2.53. The summed E-state index contributed by atoms with van der Waals surface area (Å²) >= 11 is 0. The number of aromatic nitrogens is 2. The fourth-order valence-electron chi connectivity index (χ4n) is 12.6. The molecule has 344 valence electrons. The highest BCUT2D eigenvalue weighted by molar-refractivity contribution is 6.85. The lowest BCUT2D eigenvalue weighted by molar-refractivity contribution is 0.482. The van der Waals surface area contributed by atoms with Crippen LogP contribution in [0.4, 0.5) is 22.7 Å². The van der Waals surface area contributed by atoms with Gasteiger partial charge in [-0.3, -0.25) is 4.57 Å². The molecule has 5 nitrogen and oxygen atoms in total. The normalized spacial score (nSPS) is 14.1. The molecular formula is C66H51BN4O. The Kier molecular flexibility index (Phi) is 9.37. The maximum atomic E-state index is 7.29. The Hall–Kier alpha value is -8.61. The first kappa shape index (κ1) is 42.3. The van der Waals surface area contributed by atoms with E-state index >= 15 is 0 Å². The van der Waals surface area contributed by atoms with Crippen LogP contribution in [0.1, 0.15) is 48.6 Å². The second-order valence-electron chi connectivity index (χ2n) is 20.7. The van der Waals surface area contributed by atoms with Gasteiger partial charge in [0, 0.05) is 45.9 Å². The third kappa shape index (κ3) is 6.18. The molecule has 11 aromatic rings. The highest BCUT2D eigenvalue weighted by atomic mass is 16.5. The minimum absolute atomic E-state index is 0.0538. The maximum Gasteiger partial charge on any atom is 0.207 e. The Bertz CT molecular complexity index is 3860. The molecule has 0 unspecified atom stereocenters. The fraction of sp³-hybridized carbons (Fsp3) is 0.106. The van der Waals surface area contributed by atoms with Gasteiger partial charge < -0.3 is 14.5 Å². The molecule has 0 fully saturated rings. The van der Waals surface area contributed by atoms with Crippen molar-refractivity contribution in [3.05, 3.63) is 252 Å². The van der Waals surface area contributed by atoms with Gasteiger partial charge in [-0.05, 0) is 92.9 Å². The minimum Gasteiger partial charge on any atom is -0.457 e. The van der Waals surface area contributed by atoms with Gasteiger partial charge in [0.2, 0.25) is 6.71 Å². The molecule has 72 heavy (non-hydrogen) atoms. The first-order valence-corrected chi connectivity index (χ1v) is 25.2. The molecule has 0 amide bonds. The van der Waals surface area contributed by atoms with E-state index in [4.69, 9.17) is 9.72 Å². The minimum atomic E-state index is -0.555. The number of hydrogen-bond acceptors (Lipinski definition) is 4. The zero-order chi connectivity index (χ0) is 48.3. The predicted octanol–water partition coefficient (Wildman–Crippen LogP) is 15.1. The third-order valence-corrected chi connectivity index (χ3v) is 15.8. The van der Waals surface area contributed by atoms with Crippen molar-refractivity contribution in [1.29, 1.82) is 0 Å². The molecule has 0 bridgehead atoms. The zero-order valence-corrected chi connectivity index (χ0v) is 40.8. The van der Waals surface area contributed by atoms with Crippen LogP contribution >= 0.6 is 0 Å². The number of anilines is 4. The predicted molar refractivity (Wildman–Crippen MR) is 299 cm³/mol. The molecular weight excluding hydrogens is 876 g/mol. The second kappa shape index (κ2) is 16.0. The van der Waals surface area contributed by atoms with Crippen LogP contribution in [0, 0.1) is 0 Å². The van der Waals surface area contributed by atoms with Gasteiger partial charge in [-0.1, -0.05) is 196 Å². The van der Waals surface area contributed by atoms with Crippen LogP contribution < -0.4 is 25.5 Å². The molecule has 3 aliphatic rings. The second-order valence-corrected chi connectivity index (χ2v) is 20.7. The van der Waals surface area contributed by atoms with Crippen LogP contribution in [0.3, 0.4) is 0 Å². The first-order chi connectivity index (χ1) is 35.3. The summed E-state index contributed by atoms with van der Waals surface area (Å²) in [7, 11) is 0. The fourth-order valence-corrected chi connectivity index (χ4v) is 12.6. The van der Waals surface area contributed by atoms with Crippen molar-refractivity contribution in [2.45, 2.75) is 38.4 Å². The van der Waals surface area contributed by atoms with Crippen molar-refractivity contribution in [1.82, 2.24) is 9.55 Å². The van der Waals surface area contributed by atoms with E-state index in [9.17, 15) is 0 Å². The Morgan fingerprint density at radius 3 is 1.76 bits per heavy atom. The highest BCUT2D eigenvalue weighted by Gasteiger charge is 2.51.